The second-order valence-electron chi connectivity index (χ2n) is 17.1. The van der Waals surface area contributed by atoms with Gasteiger partial charge >= 0.3 is 0 Å². The van der Waals surface area contributed by atoms with E-state index in [1.807, 2.05) is 0 Å². The van der Waals surface area contributed by atoms with Crippen molar-refractivity contribution in [3.8, 4) is 22.3 Å². The third-order valence-corrected chi connectivity index (χ3v) is 11.9. The zero-order chi connectivity index (χ0) is 37.4. The third kappa shape index (κ3) is 5.22. The molecule has 0 bridgehead atoms. The molecule has 0 atom stereocenters. The molecule has 9 rings (SSSR count). The van der Waals surface area contributed by atoms with Crippen LogP contribution in [0.5, 0.6) is 0 Å². The van der Waals surface area contributed by atoms with E-state index in [1.165, 1.54) is 61.4 Å². The first-order chi connectivity index (χ1) is 26.0. The maximum atomic E-state index is 2.55. The molecule has 54 heavy (non-hydrogen) atoms. The lowest BCUT2D eigenvalue weighted by atomic mass is 9.70. The van der Waals surface area contributed by atoms with E-state index in [2.05, 4.69) is 222 Å². The molecule has 2 heteroatoms. The molecule has 2 aliphatic rings. The van der Waals surface area contributed by atoms with Crippen LogP contribution in [0.1, 0.15) is 76.3 Å². The Morgan fingerprint density at radius 1 is 0.370 bits per heavy atom. The predicted octanol–water partition coefficient (Wildman–Crippen LogP) is 14.5. The van der Waals surface area contributed by atoms with E-state index in [0.717, 1.165) is 22.7 Å². The molecule has 0 aromatic heterocycles. The van der Waals surface area contributed by atoms with Gasteiger partial charge in [0.1, 0.15) is 0 Å². The van der Waals surface area contributed by atoms with Crippen LogP contribution in [0.25, 0.3) is 22.3 Å². The van der Waals surface area contributed by atoms with Gasteiger partial charge in [0.2, 0.25) is 0 Å². The Kier molecular flexibility index (Phi) is 7.76. The van der Waals surface area contributed by atoms with Crippen molar-refractivity contribution in [1.82, 2.24) is 0 Å². The Morgan fingerprint density at radius 3 is 1.15 bits per heavy atom. The van der Waals surface area contributed by atoms with Crippen LogP contribution in [0, 0.1) is 0 Å². The predicted molar refractivity (Wildman–Crippen MR) is 230 cm³/mol. The number of benzene rings is 7. The summed E-state index contributed by atoms with van der Waals surface area (Å²) in [6.07, 6.45) is 0. The van der Waals surface area contributed by atoms with Gasteiger partial charge in [-0.05, 0) is 134 Å². The van der Waals surface area contributed by atoms with Crippen molar-refractivity contribution in [2.75, 3.05) is 9.80 Å². The highest BCUT2D eigenvalue weighted by atomic mass is 15.1. The number of para-hydroxylation sites is 4. The fourth-order valence-corrected chi connectivity index (χ4v) is 9.34. The highest BCUT2D eigenvalue weighted by molar-refractivity contribution is 5.95. The van der Waals surface area contributed by atoms with Crippen LogP contribution in [0.15, 0.2) is 164 Å². The molecule has 266 valence electrons. The summed E-state index contributed by atoms with van der Waals surface area (Å²) >= 11 is 0. The first-order valence-electron chi connectivity index (χ1n) is 19.3. The Hall–Kier alpha value is -5.86. The second kappa shape index (κ2) is 12.4. The molecule has 0 spiro atoms. The third-order valence-electron chi connectivity index (χ3n) is 11.9. The van der Waals surface area contributed by atoms with E-state index in [1.54, 1.807) is 0 Å². The fourth-order valence-electron chi connectivity index (χ4n) is 9.34. The first-order valence-corrected chi connectivity index (χ1v) is 19.3. The molecule has 0 amide bonds. The minimum atomic E-state index is -0.229. The van der Waals surface area contributed by atoms with Crippen LogP contribution >= 0.6 is 0 Å². The molecule has 0 heterocycles. The van der Waals surface area contributed by atoms with Gasteiger partial charge in [-0.3, -0.25) is 0 Å². The summed E-state index contributed by atoms with van der Waals surface area (Å²) in [5.41, 5.74) is 19.1. The molecule has 0 radical (unpaired) electrons. The number of nitrogens with zero attached hydrogens (tertiary/aromatic N) is 2. The molecule has 0 unspecified atom stereocenters. The van der Waals surface area contributed by atoms with Crippen molar-refractivity contribution in [3.63, 3.8) is 0 Å². The summed E-state index contributed by atoms with van der Waals surface area (Å²) in [6, 6.07) is 59.9. The van der Waals surface area contributed by atoms with Crippen molar-refractivity contribution in [1.29, 1.82) is 0 Å². The van der Waals surface area contributed by atoms with Crippen molar-refractivity contribution >= 4 is 34.1 Å². The van der Waals surface area contributed by atoms with Crippen molar-refractivity contribution in [3.05, 3.63) is 192 Å². The number of hydrogen-bond acceptors (Lipinski definition) is 2. The minimum Gasteiger partial charge on any atom is -0.310 e. The molecule has 7 aromatic carbocycles. The van der Waals surface area contributed by atoms with E-state index in [9.17, 15) is 0 Å². The summed E-state index contributed by atoms with van der Waals surface area (Å²) in [5, 5.41) is 0. The molecule has 0 saturated carbocycles. The fraction of sp³-hybridized carbons (Fsp3) is 0.192. The van der Waals surface area contributed by atoms with E-state index in [-0.39, 0.29) is 16.2 Å². The molecule has 2 aliphatic carbocycles. The van der Waals surface area contributed by atoms with Crippen LogP contribution in [-0.2, 0) is 16.2 Å². The zero-order valence-corrected chi connectivity index (χ0v) is 32.5. The van der Waals surface area contributed by atoms with Crippen LogP contribution in [0.3, 0.4) is 0 Å². The maximum absolute atomic E-state index is 2.55. The monoisotopic (exact) mass is 700 g/mol. The van der Waals surface area contributed by atoms with E-state index >= 15 is 0 Å². The largest absolute Gasteiger partial charge is 0.310 e. The van der Waals surface area contributed by atoms with Gasteiger partial charge in [0.05, 0.1) is 0 Å². The standard InChI is InChI=1S/C52H48N2/c1-50(2,3)46-34-43-41-30-28-39(53(35-20-12-8-13-21-35)36-22-14-9-15-23-36)32-44(41)51(4,5)48(43)49-47(46)42-31-29-40(33-45(42)52(49,6)7)54(37-24-16-10-17-25-37)38-26-18-11-19-27-38/h8-34H,1-7H3. The van der Waals surface area contributed by atoms with E-state index in [4.69, 9.17) is 0 Å². The van der Waals surface area contributed by atoms with Gasteiger partial charge in [-0.2, -0.15) is 0 Å². The lowest BCUT2D eigenvalue weighted by molar-refractivity contribution is 0.580. The van der Waals surface area contributed by atoms with Crippen LogP contribution in [-0.4, -0.2) is 0 Å². The van der Waals surface area contributed by atoms with Crippen LogP contribution in [0.2, 0.25) is 0 Å². The Morgan fingerprint density at radius 2 is 0.741 bits per heavy atom. The van der Waals surface area contributed by atoms with Gasteiger partial charge in [-0.15, -0.1) is 0 Å². The normalized spacial score (nSPS) is 14.5. The molecular formula is C52H48N2. The summed E-state index contributed by atoms with van der Waals surface area (Å²) in [4.78, 5) is 4.78. The molecular weight excluding hydrogens is 653 g/mol. The van der Waals surface area contributed by atoms with Crippen molar-refractivity contribution in [2.24, 2.45) is 0 Å². The van der Waals surface area contributed by atoms with Gasteiger partial charge in [0, 0.05) is 45.0 Å². The zero-order valence-electron chi connectivity index (χ0n) is 32.5. The number of fused-ring (bicyclic) bond motifs is 7. The summed E-state index contributed by atoms with van der Waals surface area (Å²) in [5.74, 6) is 0. The highest BCUT2D eigenvalue weighted by Crippen LogP contribution is 2.62. The van der Waals surface area contributed by atoms with Crippen molar-refractivity contribution < 1.29 is 0 Å². The maximum Gasteiger partial charge on any atom is 0.0465 e. The van der Waals surface area contributed by atoms with Crippen molar-refractivity contribution in [2.45, 2.75) is 64.7 Å². The minimum absolute atomic E-state index is 0.0557. The van der Waals surface area contributed by atoms with Gasteiger partial charge < -0.3 is 9.80 Å². The number of anilines is 6. The number of rotatable bonds is 6. The van der Waals surface area contributed by atoms with Gasteiger partial charge in [0.25, 0.3) is 0 Å². The highest BCUT2D eigenvalue weighted by Gasteiger charge is 2.48. The smallest absolute Gasteiger partial charge is 0.0465 e. The lowest BCUT2D eigenvalue weighted by Gasteiger charge is -2.33. The Bertz CT molecular complexity index is 2430. The Labute approximate surface area is 321 Å². The van der Waals surface area contributed by atoms with Crippen LogP contribution < -0.4 is 9.80 Å². The summed E-state index contributed by atoms with van der Waals surface area (Å²) in [7, 11) is 0. The average Bonchev–Trinajstić information content (AvgIpc) is 3.55. The van der Waals surface area contributed by atoms with Gasteiger partial charge in [0.15, 0.2) is 0 Å². The van der Waals surface area contributed by atoms with Gasteiger partial charge in [-0.1, -0.05) is 133 Å². The quantitative estimate of drug-likeness (QED) is 0.170. The molecule has 0 fully saturated rings. The SMILES string of the molecule is CC(C)(C)c1cc2c(c3c1-c1ccc(N(c4ccccc4)c4ccccc4)cc1C3(C)C)C(C)(C)c1cc(N(c3ccccc3)c3ccccc3)ccc1-2. The summed E-state index contributed by atoms with van der Waals surface area (Å²) in [6.45, 7) is 16.9. The first kappa shape index (κ1) is 33.9. The number of hydrogen-bond donors (Lipinski definition) is 0. The van der Waals surface area contributed by atoms with Gasteiger partial charge in [-0.25, -0.2) is 0 Å². The van der Waals surface area contributed by atoms with E-state index in [0.29, 0.717) is 0 Å². The lowest BCUT2D eigenvalue weighted by Crippen LogP contribution is -2.25. The molecule has 0 aliphatic heterocycles. The molecule has 2 nitrogen and oxygen atoms in total. The molecule has 7 aromatic rings. The average molecular weight is 701 g/mol. The Balaban J connectivity index is 1.24. The molecule has 0 N–H and O–H groups in total. The topological polar surface area (TPSA) is 6.48 Å². The summed E-state index contributed by atoms with van der Waals surface area (Å²) < 4.78 is 0. The van der Waals surface area contributed by atoms with Crippen LogP contribution in [0.4, 0.5) is 34.1 Å². The molecule has 0 saturated heterocycles. The second-order valence-corrected chi connectivity index (χ2v) is 17.1. The van der Waals surface area contributed by atoms with E-state index < -0.39 is 0 Å².